The smallest absolute Gasteiger partial charge is 0.258 e. The van der Waals surface area contributed by atoms with Gasteiger partial charge in [-0.1, -0.05) is 11.8 Å². The summed E-state index contributed by atoms with van der Waals surface area (Å²) in [6.07, 6.45) is 1.33. The Kier molecular flexibility index (Phi) is 3.71. The van der Waals surface area contributed by atoms with Crippen LogP contribution in [0.1, 0.15) is 5.56 Å². The number of nitrogens with zero attached hydrogens (tertiary/aromatic N) is 4. The summed E-state index contributed by atoms with van der Waals surface area (Å²) < 4.78 is 0. The number of thioether (sulfide) groups is 1. The molecule has 0 bridgehead atoms. The van der Waals surface area contributed by atoms with Crippen molar-refractivity contribution >= 4 is 23.1 Å². The Bertz CT molecular complexity index is 615. The minimum Gasteiger partial charge on any atom is -0.258 e. The number of benzene rings is 1. The van der Waals surface area contributed by atoms with Crippen LogP contribution in [-0.4, -0.2) is 25.0 Å². The van der Waals surface area contributed by atoms with Crippen molar-refractivity contribution in [3.05, 3.63) is 50.3 Å². The highest BCUT2D eigenvalue weighted by atomic mass is 32.2. The maximum atomic E-state index is 10.9. The van der Waals surface area contributed by atoms with Crippen molar-refractivity contribution in [3.8, 4) is 0 Å². The van der Waals surface area contributed by atoms with Gasteiger partial charge in [0.1, 0.15) is 6.33 Å². The van der Waals surface area contributed by atoms with Gasteiger partial charge in [-0.15, -0.1) is 0 Å². The zero-order chi connectivity index (χ0) is 13.8. The van der Waals surface area contributed by atoms with Crippen LogP contribution in [0.3, 0.4) is 0 Å². The van der Waals surface area contributed by atoms with Crippen molar-refractivity contribution in [1.29, 1.82) is 0 Å². The first kappa shape index (κ1) is 13.0. The molecule has 0 radical (unpaired) electrons. The van der Waals surface area contributed by atoms with Gasteiger partial charge in [0, 0.05) is 17.4 Å². The van der Waals surface area contributed by atoms with E-state index in [1.165, 1.54) is 30.2 Å². The average Bonchev–Trinajstić information content (AvgIpc) is 2.89. The van der Waals surface area contributed by atoms with Crippen LogP contribution in [0.5, 0.6) is 0 Å². The molecule has 1 aromatic heterocycles. The molecule has 0 amide bonds. The fourth-order valence-electron chi connectivity index (χ4n) is 1.37. The van der Waals surface area contributed by atoms with Gasteiger partial charge in [0.2, 0.25) is 0 Å². The van der Waals surface area contributed by atoms with Crippen LogP contribution in [0.15, 0.2) is 29.7 Å². The number of H-pyrrole nitrogens is 1. The quantitative estimate of drug-likeness (QED) is 0.503. The van der Waals surface area contributed by atoms with E-state index in [9.17, 15) is 20.2 Å². The van der Waals surface area contributed by atoms with E-state index in [2.05, 4.69) is 15.2 Å². The minimum absolute atomic E-state index is 0.267. The molecule has 0 atom stereocenters. The van der Waals surface area contributed by atoms with Crippen LogP contribution in [0.2, 0.25) is 0 Å². The Labute approximate surface area is 110 Å². The molecule has 0 saturated carbocycles. The summed E-state index contributed by atoms with van der Waals surface area (Å²) in [5, 5.41) is 28.3. The Balaban J connectivity index is 2.24. The van der Waals surface area contributed by atoms with Gasteiger partial charge in [0.25, 0.3) is 11.4 Å². The number of rotatable bonds is 5. The van der Waals surface area contributed by atoms with E-state index >= 15 is 0 Å². The van der Waals surface area contributed by atoms with Crippen LogP contribution in [0.25, 0.3) is 0 Å². The molecule has 0 spiro atoms. The largest absolute Gasteiger partial charge is 0.280 e. The van der Waals surface area contributed by atoms with Gasteiger partial charge >= 0.3 is 0 Å². The van der Waals surface area contributed by atoms with E-state index in [-0.39, 0.29) is 17.1 Å². The summed E-state index contributed by atoms with van der Waals surface area (Å²) in [6, 6.07) is 3.57. The molecule has 1 aromatic carbocycles. The SMILES string of the molecule is O=[N+]([O-])c1ccc(CSc2ncn[nH]2)c([N+](=O)[O-])c1. The van der Waals surface area contributed by atoms with Gasteiger partial charge in [-0.2, -0.15) is 5.10 Å². The summed E-state index contributed by atoms with van der Waals surface area (Å²) in [7, 11) is 0. The lowest BCUT2D eigenvalue weighted by Gasteiger charge is -2.01. The lowest BCUT2D eigenvalue weighted by Crippen LogP contribution is -1.97. The molecule has 0 unspecified atom stereocenters. The third-order valence-corrected chi connectivity index (χ3v) is 3.16. The van der Waals surface area contributed by atoms with Crippen LogP contribution < -0.4 is 0 Å². The van der Waals surface area contributed by atoms with E-state index in [4.69, 9.17) is 0 Å². The summed E-state index contributed by atoms with van der Waals surface area (Å²) in [5.74, 6) is 0.267. The van der Waals surface area contributed by atoms with Crippen molar-refractivity contribution < 1.29 is 9.85 Å². The Morgan fingerprint density at radius 1 is 1.26 bits per heavy atom. The highest BCUT2D eigenvalue weighted by Gasteiger charge is 2.19. The molecular formula is C9H7N5O4S. The predicted octanol–water partition coefficient (Wildman–Crippen LogP) is 1.91. The van der Waals surface area contributed by atoms with E-state index in [0.29, 0.717) is 10.7 Å². The molecular weight excluding hydrogens is 274 g/mol. The fourth-order valence-corrected chi connectivity index (χ4v) is 2.14. The van der Waals surface area contributed by atoms with Crippen molar-refractivity contribution in [2.45, 2.75) is 10.9 Å². The van der Waals surface area contributed by atoms with E-state index in [0.717, 1.165) is 6.07 Å². The summed E-state index contributed by atoms with van der Waals surface area (Å²) in [6.45, 7) is 0. The lowest BCUT2D eigenvalue weighted by atomic mass is 10.2. The second kappa shape index (κ2) is 5.44. The standard InChI is InChI=1S/C9H7N5O4S/c15-13(16)7-2-1-6(8(3-7)14(17)18)4-19-9-10-5-11-12-9/h1-3,5H,4H2,(H,10,11,12). The van der Waals surface area contributed by atoms with Gasteiger partial charge in [-0.25, -0.2) is 4.98 Å². The summed E-state index contributed by atoms with van der Waals surface area (Å²) in [5.41, 5.74) is -0.196. The van der Waals surface area contributed by atoms with E-state index in [1.807, 2.05) is 0 Å². The molecule has 0 fully saturated rings. The molecule has 0 saturated heterocycles. The number of nitro groups is 2. The van der Waals surface area contributed by atoms with Gasteiger partial charge in [-0.3, -0.25) is 25.3 Å². The van der Waals surface area contributed by atoms with E-state index < -0.39 is 9.85 Å². The van der Waals surface area contributed by atoms with Crippen LogP contribution >= 0.6 is 11.8 Å². The Hall–Kier alpha value is -2.49. The first-order chi connectivity index (χ1) is 9.08. The fraction of sp³-hybridized carbons (Fsp3) is 0.111. The first-order valence-electron chi connectivity index (χ1n) is 4.98. The Morgan fingerprint density at radius 3 is 2.63 bits per heavy atom. The van der Waals surface area contributed by atoms with Gasteiger partial charge in [-0.05, 0) is 6.07 Å². The number of aromatic amines is 1. The third kappa shape index (κ3) is 3.04. The third-order valence-electron chi connectivity index (χ3n) is 2.23. The van der Waals surface area contributed by atoms with Crippen LogP contribution in [0.4, 0.5) is 11.4 Å². The molecule has 2 aromatic rings. The second-order valence-corrected chi connectivity index (χ2v) is 4.37. The molecule has 0 aliphatic carbocycles. The van der Waals surface area contributed by atoms with Crippen molar-refractivity contribution in [1.82, 2.24) is 15.2 Å². The van der Waals surface area contributed by atoms with E-state index in [1.54, 1.807) is 0 Å². The number of hydrogen-bond donors (Lipinski definition) is 1. The average molecular weight is 281 g/mol. The minimum atomic E-state index is -0.666. The second-order valence-electron chi connectivity index (χ2n) is 3.41. The molecule has 19 heavy (non-hydrogen) atoms. The predicted molar refractivity (Wildman–Crippen MR) is 65.7 cm³/mol. The molecule has 0 aliphatic rings. The Morgan fingerprint density at radius 2 is 2.05 bits per heavy atom. The molecule has 1 heterocycles. The monoisotopic (exact) mass is 281 g/mol. The number of non-ortho nitro benzene ring substituents is 1. The van der Waals surface area contributed by atoms with Gasteiger partial charge in [0.05, 0.1) is 15.9 Å². The summed E-state index contributed by atoms with van der Waals surface area (Å²) in [4.78, 5) is 24.0. The molecule has 2 rings (SSSR count). The van der Waals surface area contributed by atoms with Crippen molar-refractivity contribution in [3.63, 3.8) is 0 Å². The zero-order valence-electron chi connectivity index (χ0n) is 9.35. The maximum absolute atomic E-state index is 10.9. The number of aromatic nitrogens is 3. The highest BCUT2D eigenvalue weighted by molar-refractivity contribution is 7.98. The van der Waals surface area contributed by atoms with Crippen molar-refractivity contribution in [2.24, 2.45) is 0 Å². The number of nitrogens with one attached hydrogen (secondary N) is 1. The molecule has 1 N–H and O–H groups in total. The molecule has 9 nitrogen and oxygen atoms in total. The molecule has 10 heteroatoms. The van der Waals surface area contributed by atoms with Gasteiger partial charge < -0.3 is 0 Å². The summed E-state index contributed by atoms with van der Waals surface area (Å²) >= 11 is 1.22. The molecule has 98 valence electrons. The normalized spacial score (nSPS) is 10.3. The van der Waals surface area contributed by atoms with Crippen LogP contribution in [0, 0.1) is 20.2 Å². The topological polar surface area (TPSA) is 128 Å². The number of nitro benzene ring substituents is 2. The molecule has 0 aliphatic heterocycles. The number of hydrogen-bond acceptors (Lipinski definition) is 7. The highest BCUT2D eigenvalue weighted by Crippen LogP contribution is 2.29. The van der Waals surface area contributed by atoms with Gasteiger partial charge in [0.15, 0.2) is 5.16 Å². The zero-order valence-corrected chi connectivity index (χ0v) is 10.2. The van der Waals surface area contributed by atoms with Crippen LogP contribution in [-0.2, 0) is 5.75 Å². The lowest BCUT2D eigenvalue weighted by molar-refractivity contribution is -0.394. The first-order valence-corrected chi connectivity index (χ1v) is 5.96. The maximum Gasteiger partial charge on any atom is 0.280 e. The van der Waals surface area contributed by atoms with Crippen molar-refractivity contribution in [2.75, 3.05) is 0 Å².